The molecule has 0 bridgehead atoms. The zero-order chi connectivity index (χ0) is 24.5. The second-order valence-electron chi connectivity index (χ2n) is 10.8. The number of thiophene rings is 1. The Labute approximate surface area is 206 Å². The van der Waals surface area contributed by atoms with Crippen LogP contribution in [-0.4, -0.2) is 46.3 Å². The fourth-order valence-electron chi connectivity index (χ4n) is 5.84. The lowest BCUT2D eigenvalue weighted by molar-refractivity contribution is -0.141. The number of nitrogens with zero attached hydrogens (tertiary/aromatic N) is 2. The minimum atomic E-state index is -0.891. The van der Waals surface area contributed by atoms with Crippen molar-refractivity contribution >= 4 is 29.2 Å². The quantitative estimate of drug-likeness (QED) is 0.580. The molecule has 34 heavy (non-hydrogen) atoms. The number of nitrogens with one attached hydrogen (secondary N) is 1. The fraction of sp³-hybridized carbons (Fsp3) is 0.519. The molecule has 1 saturated carbocycles. The highest BCUT2D eigenvalue weighted by molar-refractivity contribution is 7.11. The molecule has 1 N–H and O–H groups in total. The first-order chi connectivity index (χ1) is 16.1. The number of imide groups is 1. The summed E-state index contributed by atoms with van der Waals surface area (Å²) in [7, 11) is 0. The van der Waals surface area contributed by atoms with Gasteiger partial charge in [0.15, 0.2) is 0 Å². The van der Waals surface area contributed by atoms with Crippen molar-refractivity contribution in [2.45, 2.75) is 65.5 Å². The molecule has 1 aliphatic carbocycles. The van der Waals surface area contributed by atoms with Gasteiger partial charge in [0.25, 0.3) is 5.91 Å². The number of rotatable bonds is 7. The molecule has 1 aromatic carbocycles. The third-order valence-electron chi connectivity index (χ3n) is 6.93. The van der Waals surface area contributed by atoms with Gasteiger partial charge in [-0.1, -0.05) is 51.1 Å². The molecule has 4 rings (SSSR count). The standard InChI is InChI=1S/C27H35N3O3S/c1-19-14-26(3,4)18-27(15-19)24(32)30(25(33)28-27)17-23(31)29(16-22-11-10-20(2)34-22)13-12-21-8-6-5-7-9-21/h5-11,19H,12-18H2,1-4H3,(H,28,33). The second-order valence-corrected chi connectivity index (χ2v) is 12.2. The van der Waals surface area contributed by atoms with E-state index in [1.807, 2.05) is 49.4 Å². The first kappa shape index (κ1) is 24.5. The summed E-state index contributed by atoms with van der Waals surface area (Å²) in [5.74, 6) is -0.126. The lowest BCUT2D eigenvalue weighted by Gasteiger charge is -2.43. The molecule has 2 aliphatic rings. The molecule has 1 aromatic heterocycles. The largest absolute Gasteiger partial charge is 0.336 e. The van der Waals surface area contributed by atoms with Crippen molar-refractivity contribution in [3.63, 3.8) is 0 Å². The number of carbonyl (C=O) groups excluding carboxylic acids is 3. The average molecular weight is 482 g/mol. The predicted molar refractivity (Wildman–Crippen MR) is 134 cm³/mol. The molecule has 7 heteroatoms. The lowest BCUT2D eigenvalue weighted by Crippen LogP contribution is -2.54. The maximum atomic E-state index is 13.5. The third-order valence-corrected chi connectivity index (χ3v) is 7.91. The van der Waals surface area contributed by atoms with Crippen LogP contribution < -0.4 is 5.32 Å². The Bertz CT molecular complexity index is 1060. The zero-order valence-corrected chi connectivity index (χ0v) is 21.4. The number of hydrogen-bond acceptors (Lipinski definition) is 4. The van der Waals surface area contributed by atoms with Gasteiger partial charge in [0.2, 0.25) is 5.91 Å². The SMILES string of the molecule is Cc1ccc(CN(CCc2ccccc2)C(=O)CN2C(=O)NC3(CC(C)CC(C)(C)C3)C2=O)s1. The van der Waals surface area contributed by atoms with Gasteiger partial charge < -0.3 is 10.2 Å². The van der Waals surface area contributed by atoms with Gasteiger partial charge in [0.1, 0.15) is 12.1 Å². The van der Waals surface area contributed by atoms with Gasteiger partial charge >= 0.3 is 6.03 Å². The van der Waals surface area contributed by atoms with Gasteiger partial charge in [-0.25, -0.2) is 4.79 Å². The number of amides is 4. The monoisotopic (exact) mass is 481 g/mol. The molecule has 2 fully saturated rings. The Morgan fingerprint density at radius 1 is 1.15 bits per heavy atom. The Kier molecular flexibility index (Phi) is 6.85. The molecule has 2 unspecified atom stereocenters. The van der Waals surface area contributed by atoms with E-state index in [1.165, 1.54) is 4.88 Å². The minimum Gasteiger partial charge on any atom is -0.336 e. The molecule has 182 valence electrons. The Morgan fingerprint density at radius 2 is 1.88 bits per heavy atom. The summed E-state index contributed by atoms with van der Waals surface area (Å²) in [6.45, 7) is 9.24. The molecule has 2 atom stereocenters. The van der Waals surface area contributed by atoms with Crippen LogP contribution in [0.25, 0.3) is 0 Å². The number of urea groups is 1. The zero-order valence-electron chi connectivity index (χ0n) is 20.6. The summed E-state index contributed by atoms with van der Waals surface area (Å²) in [6.07, 6.45) is 2.96. The maximum absolute atomic E-state index is 13.5. The highest BCUT2D eigenvalue weighted by Crippen LogP contribution is 2.46. The van der Waals surface area contributed by atoms with Crippen molar-refractivity contribution in [2.24, 2.45) is 11.3 Å². The van der Waals surface area contributed by atoms with Crippen molar-refractivity contribution in [1.29, 1.82) is 0 Å². The first-order valence-electron chi connectivity index (χ1n) is 12.1. The van der Waals surface area contributed by atoms with Crippen LogP contribution in [0.5, 0.6) is 0 Å². The molecular formula is C27H35N3O3S. The number of benzene rings is 1. The molecule has 1 spiro atoms. The number of carbonyl (C=O) groups is 3. The van der Waals surface area contributed by atoms with Gasteiger partial charge in [-0.2, -0.15) is 0 Å². The van der Waals surface area contributed by atoms with E-state index in [0.717, 1.165) is 21.8 Å². The summed E-state index contributed by atoms with van der Waals surface area (Å²) in [5.41, 5.74) is 0.215. The van der Waals surface area contributed by atoms with Gasteiger partial charge in [0, 0.05) is 16.3 Å². The van der Waals surface area contributed by atoms with E-state index in [0.29, 0.717) is 38.3 Å². The van der Waals surface area contributed by atoms with Crippen LogP contribution in [0.15, 0.2) is 42.5 Å². The molecule has 4 amide bonds. The lowest BCUT2D eigenvalue weighted by atomic mass is 9.64. The number of hydrogen-bond donors (Lipinski definition) is 1. The molecule has 2 aromatic rings. The predicted octanol–water partition coefficient (Wildman–Crippen LogP) is 4.76. The van der Waals surface area contributed by atoms with Crippen LogP contribution in [0.2, 0.25) is 0 Å². The molecule has 1 aliphatic heterocycles. The van der Waals surface area contributed by atoms with Crippen LogP contribution in [-0.2, 0) is 22.6 Å². The van der Waals surface area contributed by atoms with Crippen molar-refractivity contribution in [3.05, 3.63) is 57.8 Å². The molecule has 6 nitrogen and oxygen atoms in total. The normalized spacial score (nSPS) is 23.9. The molecular weight excluding hydrogens is 446 g/mol. The van der Waals surface area contributed by atoms with Crippen molar-refractivity contribution in [3.8, 4) is 0 Å². The molecule has 1 saturated heterocycles. The van der Waals surface area contributed by atoms with Gasteiger partial charge in [-0.3, -0.25) is 14.5 Å². The van der Waals surface area contributed by atoms with Gasteiger partial charge in [-0.05, 0) is 61.6 Å². The van der Waals surface area contributed by atoms with E-state index >= 15 is 0 Å². The molecule has 2 heterocycles. The van der Waals surface area contributed by atoms with Crippen molar-refractivity contribution in [2.75, 3.05) is 13.1 Å². The topological polar surface area (TPSA) is 69.7 Å². The summed E-state index contributed by atoms with van der Waals surface area (Å²) >= 11 is 1.66. The highest BCUT2D eigenvalue weighted by atomic mass is 32.1. The van der Waals surface area contributed by atoms with Crippen molar-refractivity contribution < 1.29 is 14.4 Å². The maximum Gasteiger partial charge on any atom is 0.325 e. The number of aryl methyl sites for hydroxylation is 1. The van der Waals surface area contributed by atoms with Crippen LogP contribution >= 0.6 is 11.3 Å². The Hall–Kier alpha value is -2.67. The van der Waals surface area contributed by atoms with Gasteiger partial charge in [-0.15, -0.1) is 11.3 Å². The smallest absolute Gasteiger partial charge is 0.325 e. The van der Waals surface area contributed by atoms with E-state index in [-0.39, 0.29) is 23.8 Å². The van der Waals surface area contributed by atoms with E-state index < -0.39 is 11.6 Å². The van der Waals surface area contributed by atoms with E-state index in [1.54, 1.807) is 16.2 Å². The van der Waals surface area contributed by atoms with Crippen LogP contribution in [0, 0.1) is 18.3 Å². The van der Waals surface area contributed by atoms with E-state index in [9.17, 15) is 14.4 Å². The van der Waals surface area contributed by atoms with Gasteiger partial charge in [0.05, 0.1) is 6.54 Å². The third kappa shape index (κ3) is 5.35. The first-order valence-corrected chi connectivity index (χ1v) is 12.9. The van der Waals surface area contributed by atoms with E-state index in [4.69, 9.17) is 0 Å². The van der Waals surface area contributed by atoms with Crippen molar-refractivity contribution in [1.82, 2.24) is 15.1 Å². The van der Waals surface area contributed by atoms with Crippen LogP contribution in [0.3, 0.4) is 0 Å². The fourth-order valence-corrected chi connectivity index (χ4v) is 6.75. The van der Waals surface area contributed by atoms with Crippen LogP contribution in [0.4, 0.5) is 4.79 Å². The minimum absolute atomic E-state index is 0.0423. The van der Waals surface area contributed by atoms with Crippen LogP contribution in [0.1, 0.15) is 55.4 Å². The average Bonchev–Trinajstić information content (AvgIpc) is 3.26. The highest BCUT2D eigenvalue weighted by Gasteiger charge is 2.56. The Balaban J connectivity index is 1.49. The Morgan fingerprint density at radius 3 is 2.53 bits per heavy atom. The summed E-state index contributed by atoms with van der Waals surface area (Å²) in [4.78, 5) is 45.0. The summed E-state index contributed by atoms with van der Waals surface area (Å²) in [6, 6.07) is 13.7. The second kappa shape index (κ2) is 9.53. The molecule has 0 radical (unpaired) electrons. The van der Waals surface area contributed by atoms with E-state index in [2.05, 4.69) is 26.1 Å². The summed E-state index contributed by atoms with van der Waals surface area (Å²) < 4.78 is 0. The summed E-state index contributed by atoms with van der Waals surface area (Å²) in [5, 5.41) is 2.98.